The summed E-state index contributed by atoms with van der Waals surface area (Å²) in [7, 11) is -0.989. The molecule has 2 aromatic carbocycles. The van der Waals surface area contributed by atoms with Crippen LogP contribution in [0.15, 0.2) is 41.3 Å². The Morgan fingerprint density at radius 1 is 1.24 bits per heavy atom. The molecular formula is C17H19NO2S. The van der Waals surface area contributed by atoms with Gasteiger partial charge in [-0.3, -0.25) is 4.21 Å². The summed E-state index contributed by atoms with van der Waals surface area (Å²) in [6, 6.07) is 11.8. The molecule has 3 rings (SSSR count). The van der Waals surface area contributed by atoms with Gasteiger partial charge in [0.1, 0.15) is 5.75 Å². The van der Waals surface area contributed by atoms with E-state index >= 15 is 0 Å². The van der Waals surface area contributed by atoms with Gasteiger partial charge in [0.2, 0.25) is 0 Å². The number of aryl methyl sites for hydroxylation is 2. The average Bonchev–Trinajstić information content (AvgIpc) is 2.92. The molecule has 1 atom stereocenters. The Morgan fingerprint density at radius 3 is 2.90 bits per heavy atom. The van der Waals surface area contributed by atoms with E-state index in [0.717, 1.165) is 35.7 Å². The highest BCUT2D eigenvalue weighted by molar-refractivity contribution is 7.85. The first-order valence-corrected chi connectivity index (χ1v) is 8.44. The van der Waals surface area contributed by atoms with Gasteiger partial charge in [-0.25, -0.2) is 0 Å². The number of fused-ring (bicyclic) bond motifs is 1. The fourth-order valence-electron chi connectivity index (χ4n) is 2.64. The molecule has 0 aromatic heterocycles. The van der Waals surface area contributed by atoms with Crippen molar-refractivity contribution in [2.45, 2.75) is 24.7 Å². The summed E-state index contributed by atoms with van der Waals surface area (Å²) >= 11 is 0. The second-order valence-electron chi connectivity index (χ2n) is 5.37. The molecule has 110 valence electrons. The van der Waals surface area contributed by atoms with Gasteiger partial charge in [0.05, 0.1) is 17.4 Å². The van der Waals surface area contributed by atoms with Gasteiger partial charge in [-0.2, -0.15) is 0 Å². The maximum atomic E-state index is 12.4. The zero-order valence-corrected chi connectivity index (χ0v) is 12.9. The predicted octanol–water partition coefficient (Wildman–Crippen LogP) is 2.86. The van der Waals surface area contributed by atoms with Crippen molar-refractivity contribution in [1.29, 1.82) is 0 Å². The van der Waals surface area contributed by atoms with Crippen molar-refractivity contribution in [3.63, 3.8) is 0 Å². The molecule has 1 unspecified atom stereocenters. The van der Waals surface area contributed by atoms with Crippen molar-refractivity contribution >= 4 is 16.5 Å². The van der Waals surface area contributed by atoms with Crippen LogP contribution < -0.4 is 10.5 Å². The normalized spacial score (nSPS) is 14.5. The zero-order valence-electron chi connectivity index (χ0n) is 12.1. The summed E-state index contributed by atoms with van der Waals surface area (Å²) in [5, 5.41) is 0. The second-order valence-corrected chi connectivity index (χ2v) is 6.90. The first kappa shape index (κ1) is 14.1. The molecule has 0 fully saturated rings. The third-order valence-electron chi connectivity index (χ3n) is 3.77. The number of hydrogen-bond donors (Lipinski definition) is 1. The molecule has 21 heavy (non-hydrogen) atoms. The minimum Gasteiger partial charge on any atom is -0.493 e. The number of benzene rings is 2. The van der Waals surface area contributed by atoms with E-state index < -0.39 is 10.8 Å². The van der Waals surface area contributed by atoms with Gasteiger partial charge in [0.25, 0.3) is 0 Å². The van der Waals surface area contributed by atoms with E-state index in [1.165, 1.54) is 11.1 Å². The summed E-state index contributed by atoms with van der Waals surface area (Å²) in [6.45, 7) is 2.73. The van der Waals surface area contributed by atoms with Crippen LogP contribution in [-0.2, 0) is 23.6 Å². The van der Waals surface area contributed by atoms with Crippen LogP contribution >= 0.6 is 0 Å². The topological polar surface area (TPSA) is 52.3 Å². The van der Waals surface area contributed by atoms with Gasteiger partial charge < -0.3 is 10.5 Å². The Labute approximate surface area is 127 Å². The number of nitrogen functional groups attached to an aromatic ring is 1. The smallest absolute Gasteiger partial charge is 0.122 e. The van der Waals surface area contributed by atoms with E-state index in [9.17, 15) is 4.21 Å². The molecule has 0 aliphatic carbocycles. The Bertz CT molecular complexity index is 697. The Morgan fingerprint density at radius 2 is 2.10 bits per heavy atom. The summed E-state index contributed by atoms with van der Waals surface area (Å²) in [4.78, 5) is 0.883. The molecule has 2 N–H and O–H groups in total. The highest BCUT2D eigenvalue weighted by Crippen LogP contribution is 2.26. The highest BCUT2D eigenvalue weighted by Gasteiger charge is 2.13. The van der Waals surface area contributed by atoms with E-state index in [1.807, 2.05) is 31.2 Å². The Kier molecular flexibility index (Phi) is 3.97. The van der Waals surface area contributed by atoms with Crippen LogP contribution in [-0.4, -0.2) is 16.6 Å². The van der Waals surface area contributed by atoms with Crippen molar-refractivity contribution in [1.82, 2.24) is 0 Å². The number of ether oxygens (including phenoxy) is 1. The lowest BCUT2D eigenvalue weighted by atomic mass is 10.1. The lowest BCUT2D eigenvalue weighted by molar-refractivity contribution is 0.357. The largest absolute Gasteiger partial charge is 0.493 e. The Hall–Kier alpha value is -1.81. The minimum absolute atomic E-state index is 0.629. The lowest BCUT2D eigenvalue weighted by Crippen LogP contribution is -2.04. The van der Waals surface area contributed by atoms with Crippen LogP contribution in [0.25, 0.3) is 0 Å². The quantitative estimate of drug-likeness (QED) is 0.884. The number of nitrogens with two attached hydrogens (primary N) is 1. The summed E-state index contributed by atoms with van der Waals surface area (Å²) in [6.07, 6.45) is 1.78. The van der Waals surface area contributed by atoms with Crippen molar-refractivity contribution in [2.75, 3.05) is 18.1 Å². The van der Waals surface area contributed by atoms with Crippen LogP contribution in [0.2, 0.25) is 0 Å². The molecule has 1 heterocycles. The van der Waals surface area contributed by atoms with Gasteiger partial charge in [0, 0.05) is 22.8 Å². The third kappa shape index (κ3) is 3.10. The van der Waals surface area contributed by atoms with Gasteiger partial charge in [0.15, 0.2) is 0 Å². The molecule has 2 aromatic rings. The average molecular weight is 301 g/mol. The first-order valence-electron chi connectivity index (χ1n) is 7.12. The highest BCUT2D eigenvalue weighted by atomic mass is 32.2. The maximum absolute atomic E-state index is 12.4. The lowest BCUT2D eigenvalue weighted by Gasteiger charge is -2.08. The zero-order chi connectivity index (χ0) is 14.8. The van der Waals surface area contributed by atoms with Crippen molar-refractivity contribution in [3.8, 4) is 5.75 Å². The van der Waals surface area contributed by atoms with Crippen molar-refractivity contribution < 1.29 is 8.95 Å². The SMILES string of the molecule is Cc1cc(N)ccc1S(=O)CCc1ccc2c(c1)CCO2. The monoisotopic (exact) mass is 301 g/mol. The molecule has 0 amide bonds. The van der Waals surface area contributed by atoms with Gasteiger partial charge in [-0.15, -0.1) is 0 Å². The van der Waals surface area contributed by atoms with E-state index in [-0.39, 0.29) is 0 Å². The summed E-state index contributed by atoms with van der Waals surface area (Å²) in [5.41, 5.74) is 9.93. The molecule has 0 spiro atoms. The van der Waals surface area contributed by atoms with Crippen LogP contribution in [0.3, 0.4) is 0 Å². The molecule has 0 saturated heterocycles. The van der Waals surface area contributed by atoms with Gasteiger partial charge in [-0.05, 0) is 54.3 Å². The third-order valence-corrected chi connectivity index (χ3v) is 5.30. The number of rotatable bonds is 4. The fraction of sp³-hybridized carbons (Fsp3) is 0.294. The molecule has 3 nitrogen and oxygen atoms in total. The van der Waals surface area contributed by atoms with E-state index in [1.54, 1.807) is 0 Å². The first-order chi connectivity index (χ1) is 10.1. The van der Waals surface area contributed by atoms with E-state index in [4.69, 9.17) is 10.5 Å². The molecule has 0 saturated carbocycles. The summed E-state index contributed by atoms with van der Waals surface area (Å²) in [5.74, 6) is 1.62. The predicted molar refractivity (Wildman–Crippen MR) is 86.2 cm³/mol. The minimum atomic E-state index is -0.989. The standard InChI is InChI=1S/C17H19NO2S/c1-12-10-15(18)3-5-17(12)21(19)9-7-13-2-4-16-14(11-13)6-8-20-16/h2-5,10-11H,6-9,18H2,1H3. The van der Waals surface area contributed by atoms with E-state index in [0.29, 0.717) is 11.4 Å². The molecule has 1 aliphatic rings. The van der Waals surface area contributed by atoms with Gasteiger partial charge >= 0.3 is 0 Å². The number of hydrogen-bond acceptors (Lipinski definition) is 3. The molecule has 0 bridgehead atoms. The van der Waals surface area contributed by atoms with E-state index in [2.05, 4.69) is 12.1 Å². The molecule has 1 aliphatic heterocycles. The van der Waals surface area contributed by atoms with Crippen LogP contribution in [0.5, 0.6) is 5.75 Å². The molecular weight excluding hydrogens is 282 g/mol. The molecule has 0 radical (unpaired) electrons. The van der Waals surface area contributed by atoms with Crippen LogP contribution in [0.1, 0.15) is 16.7 Å². The maximum Gasteiger partial charge on any atom is 0.122 e. The molecule has 4 heteroatoms. The van der Waals surface area contributed by atoms with Crippen LogP contribution in [0.4, 0.5) is 5.69 Å². The Balaban J connectivity index is 1.68. The fourth-order valence-corrected chi connectivity index (χ4v) is 3.92. The van der Waals surface area contributed by atoms with Crippen molar-refractivity contribution in [3.05, 3.63) is 53.1 Å². The van der Waals surface area contributed by atoms with Gasteiger partial charge in [-0.1, -0.05) is 12.1 Å². The number of anilines is 1. The summed E-state index contributed by atoms with van der Waals surface area (Å²) < 4.78 is 17.9. The van der Waals surface area contributed by atoms with Crippen molar-refractivity contribution in [2.24, 2.45) is 0 Å². The van der Waals surface area contributed by atoms with Crippen LogP contribution in [0, 0.1) is 6.92 Å². The second kappa shape index (κ2) is 5.90.